The van der Waals surface area contributed by atoms with Crippen LogP contribution in [0, 0.1) is 0 Å². The van der Waals surface area contributed by atoms with Gasteiger partial charge in [-0.05, 0) is 23.8 Å². The van der Waals surface area contributed by atoms with Gasteiger partial charge in [-0.15, -0.1) is 0 Å². The zero-order valence-electron chi connectivity index (χ0n) is 13.8. The fourth-order valence-electron chi connectivity index (χ4n) is 3.27. The van der Waals surface area contributed by atoms with Crippen molar-refractivity contribution in [3.63, 3.8) is 0 Å². The maximum Gasteiger partial charge on any atom is 0.111 e. The molecular weight excluding hydrogens is 352 g/mol. The second-order valence-corrected chi connectivity index (χ2v) is 7.04. The van der Waals surface area contributed by atoms with Crippen LogP contribution in [0.2, 0.25) is 5.02 Å². The molecule has 5 heteroatoms. The SMILES string of the molecule is S=C(c1cn(Cc2ccc(Cl)cc2)c2ccccc12)N1CCOCC1. The van der Waals surface area contributed by atoms with Crippen molar-refractivity contribution < 1.29 is 4.74 Å². The summed E-state index contributed by atoms with van der Waals surface area (Å²) in [6, 6.07) is 16.4. The zero-order valence-corrected chi connectivity index (χ0v) is 15.4. The lowest BCUT2D eigenvalue weighted by atomic mass is 10.1. The molecule has 2 heterocycles. The van der Waals surface area contributed by atoms with Crippen molar-refractivity contribution in [3.05, 3.63) is 70.9 Å². The van der Waals surface area contributed by atoms with E-state index in [1.807, 2.05) is 12.1 Å². The van der Waals surface area contributed by atoms with E-state index in [2.05, 4.69) is 52.1 Å². The number of hydrogen-bond acceptors (Lipinski definition) is 2. The molecule has 25 heavy (non-hydrogen) atoms. The minimum Gasteiger partial charge on any atom is -0.378 e. The first-order valence-corrected chi connectivity index (χ1v) is 9.20. The minimum absolute atomic E-state index is 0.740. The molecule has 1 aromatic heterocycles. The van der Waals surface area contributed by atoms with Crippen LogP contribution < -0.4 is 0 Å². The van der Waals surface area contributed by atoms with Crippen LogP contribution in [0.15, 0.2) is 54.7 Å². The predicted octanol–water partition coefficient (Wildman–Crippen LogP) is 4.35. The Morgan fingerprint density at radius 1 is 1.04 bits per heavy atom. The second kappa shape index (κ2) is 7.16. The van der Waals surface area contributed by atoms with E-state index in [1.54, 1.807) is 0 Å². The van der Waals surface area contributed by atoms with E-state index in [-0.39, 0.29) is 0 Å². The number of nitrogens with zero attached hydrogens (tertiary/aromatic N) is 2. The highest BCUT2D eigenvalue weighted by atomic mass is 35.5. The highest BCUT2D eigenvalue weighted by molar-refractivity contribution is 7.80. The number of halogens is 1. The standard InChI is InChI=1S/C20H19ClN2OS/c21-16-7-5-15(6-8-16)13-23-14-18(17-3-1-2-4-19(17)23)20(25)22-9-11-24-12-10-22/h1-8,14H,9-13H2. The quantitative estimate of drug-likeness (QED) is 0.638. The second-order valence-electron chi connectivity index (χ2n) is 6.22. The van der Waals surface area contributed by atoms with E-state index in [1.165, 1.54) is 16.5 Å². The lowest BCUT2D eigenvalue weighted by Crippen LogP contribution is -2.40. The van der Waals surface area contributed by atoms with Gasteiger partial charge < -0.3 is 14.2 Å². The maximum absolute atomic E-state index is 6.00. The van der Waals surface area contributed by atoms with Gasteiger partial charge in [-0.25, -0.2) is 0 Å². The Morgan fingerprint density at radius 3 is 2.52 bits per heavy atom. The van der Waals surface area contributed by atoms with Gasteiger partial charge in [-0.2, -0.15) is 0 Å². The summed E-state index contributed by atoms with van der Waals surface area (Å²) in [6.07, 6.45) is 2.18. The number of morpholine rings is 1. The molecule has 0 N–H and O–H groups in total. The minimum atomic E-state index is 0.740. The van der Waals surface area contributed by atoms with Gasteiger partial charge in [0.15, 0.2) is 0 Å². The van der Waals surface area contributed by atoms with Crippen LogP contribution >= 0.6 is 23.8 Å². The molecule has 0 unspecified atom stereocenters. The van der Waals surface area contributed by atoms with Crippen LogP contribution in [0.4, 0.5) is 0 Å². The highest BCUT2D eigenvalue weighted by Crippen LogP contribution is 2.25. The molecule has 1 aliphatic heterocycles. The van der Waals surface area contributed by atoms with Crippen LogP contribution in [0.5, 0.6) is 0 Å². The van der Waals surface area contributed by atoms with Crippen molar-refractivity contribution >= 4 is 39.7 Å². The van der Waals surface area contributed by atoms with Gasteiger partial charge in [-0.3, -0.25) is 0 Å². The molecule has 0 amide bonds. The van der Waals surface area contributed by atoms with Crippen LogP contribution in [-0.2, 0) is 11.3 Å². The zero-order chi connectivity index (χ0) is 17.2. The summed E-state index contributed by atoms with van der Waals surface area (Å²) < 4.78 is 7.71. The average Bonchev–Trinajstić information content (AvgIpc) is 3.02. The van der Waals surface area contributed by atoms with E-state index in [0.29, 0.717) is 0 Å². The van der Waals surface area contributed by atoms with Crippen molar-refractivity contribution in [1.29, 1.82) is 0 Å². The van der Waals surface area contributed by atoms with Crippen molar-refractivity contribution in [2.75, 3.05) is 26.3 Å². The Bertz CT molecular complexity index is 898. The normalized spacial score (nSPS) is 14.8. The molecule has 0 radical (unpaired) electrons. The fourth-order valence-corrected chi connectivity index (χ4v) is 3.74. The summed E-state index contributed by atoms with van der Waals surface area (Å²) in [5.74, 6) is 0. The van der Waals surface area contributed by atoms with Gasteiger partial charge in [0.05, 0.1) is 13.2 Å². The smallest absolute Gasteiger partial charge is 0.111 e. The molecule has 4 rings (SSSR count). The molecule has 3 aromatic rings. The van der Waals surface area contributed by atoms with E-state index in [0.717, 1.165) is 48.4 Å². The number of hydrogen-bond donors (Lipinski definition) is 0. The predicted molar refractivity (Wildman–Crippen MR) is 107 cm³/mol. The van der Waals surface area contributed by atoms with Crippen molar-refractivity contribution in [2.45, 2.75) is 6.54 Å². The van der Waals surface area contributed by atoms with Gasteiger partial charge in [-0.1, -0.05) is 54.2 Å². The number of para-hydroxylation sites is 1. The Balaban J connectivity index is 1.70. The first-order chi connectivity index (χ1) is 12.2. The summed E-state index contributed by atoms with van der Waals surface area (Å²) in [6.45, 7) is 3.99. The van der Waals surface area contributed by atoms with Crippen LogP contribution in [0.3, 0.4) is 0 Å². The third-order valence-corrected chi connectivity index (χ3v) is 5.31. The van der Waals surface area contributed by atoms with Gasteiger partial charge in [0.2, 0.25) is 0 Å². The third kappa shape index (κ3) is 3.43. The maximum atomic E-state index is 6.00. The van der Waals surface area contributed by atoms with Crippen molar-refractivity contribution in [1.82, 2.24) is 9.47 Å². The monoisotopic (exact) mass is 370 g/mol. The Kier molecular flexibility index (Phi) is 4.75. The van der Waals surface area contributed by atoms with E-state index in [9.17, 15) is 0 Å². The lowest BCUT2D eigenvalue weighted by Gasteiger charge is -2.29. The first-order valence-electron chi connectivity index (χ1n) is 8.42. The topological polar surface area (TPSA) is 17.4 Å². The number of fused-ring (bicyclic) bond motifs is 1. The Labute approximate surface area is 157 Å². The van der Waals surface area contributed by atoms with Crippen molar-refractivity contribution in [2.24, 2.45) is 0 Å². The van der Waals surface area contributed by atoms with E-state index < -0.39 is 0 Å². The Morgan fingerprint density at radius 2 is 1.76 bits per heavy atom. The average molecular weight is 371 g/mol. The van der Waals surface area contributed by atoms with E-state index in [4.69, 9.17) is 28.6 Å². The lowest BCUT2D eigenvalue weighted by molar-refractivity contribution is 0.0693. The molecule has 2 aromatic carbocycles. The molecule has 1 saturated heterocycles. The van der Waals surface area contributed by atoms with Gasteiger partial charge in [0.1, 0.15) is 4.99 Å². The van der Waals surface area contributed by atoms with E-state index >= 15 is 0 Å². The van der Waals surface area contributed by atoms with Gasteiger partial charge in [0, 0.05) is 47.3 Å². The molecular formula is C20H19ClN2OS. The molecule has 0 bridgehead atoms. The first kappa shape index (κ1) is 16.6. The molecule has 0 saturated carbocycles. The molecule has 128 valence electrons. The number of aromatic nitrogens is 1. The molecule has 1 fully saturated rings. The summed E-state index contributed by atoms with van der Waals surface area (Å²) >= 11 is 11.8. The van der Waals surface area contributed by atoms with Crippen LogP contribution in [0.25, 0.3) is 10.9 Å². The Hall–Kier alpha value is -1.88. The fraction of sp³-hybridized carbons (Fsp3) is 0.250. The molecule has 0 aliphatic carbocycles. The summed E-state index contributed by atoms with van der Waals surface area (Å²) in [5, 5.41) is 1.96. The largest absolute Gasteiger partial charge is 0.378 e. The van der Waals surface area contributed by atoms with Crippen molar-refractivity contribution in [3.8, 4) is 0 Å². The number of ether oxygens (including phenoxy) is 1. The molecule has 0 spiro atoms. The summed E-state index contributed by atoms with van der Waals surface area (Å²) in [5.41, 5.74) is 3.54. The third-order valence-electron chi connectivity index (χ3n) is 4.58. The van der Waals surface area contributed by atoms with Gasteiger partial charge in [0.25, 0.3) is 0 Å². The number of thiocarbonyl (C=S) groups is 1. The molecule has 0 atom stereocenters. The van der Waals surface area contributed by atoms with Gasteiger partial charge >= 0.3 is 0 Å². The van der Waals surface area contributed by atoms with Crippen LogP contribution in [0.1, 0.15) is 11.1 Å². The molecule has 3 nitrogen and oxygen atoms in total. The summed E-state index contributed by atoms with van der Waals surface area (Å²) in [4.78, 5) is 3.15. The highest BCUT2D eigenvalue weighted by Gasteiger charge is 2.19. The number of benzene rings is 2. The summed E-state index contributed by atoms with van der Waals surface area (Å²) in [7, 11) is 0. The van der Waals surface area contributed by atoms with Crippen LogP contribution in [-0.4, -0.2) is 40.8 Å². The molecule has 1 aliphatic rings. The number of rotatable bonds is 3.